The highest BCUT2D eigenvalue weighted by Gasteiger charge is 2.41. The van der Waals surface area contributed by atoms with Crippen molar-refractivity contribution in [3.63, 3.8) is 0 Å². The van der Waals surface area contributed by atoms with Crippen LogP contribution in [0.3, 0.4) is 0 Å². The minimum absolute atomic E-state index is 0.0577. The molecule has 2 fully saturated rings. The van der Waals surface area contributed by atoms with E-state index < -0.39 is 24.3 Å². The highest BCUT2D eigenvalue weighted by molar-refractivity contribution is 5.72. The molecule has 0 saturated heterocycles. The standard InChI is InChI=1S/C22H28FN7O2/c1-12(2)25-22(31)32-18-7-6-14(20(18)23)16-11-19(28-27-16)26-21-17-10-15(13-4-3-5-13)29-30(17)9-8-24-21/h8-14,18,20H,3-7H2,1-2H3,(H,25,31)(H2,24,26,27,28)/t14-,18-,20+/m1/s1. The minimum Gasteiger partial charge on any atom is -0.443 e. The van der Waals surface area contributed by atoms with Gasteiger partial charge in [-0.3, -0.25) is 5.10 Å². The molecule has 5 rings (SSSR count). The van der Waals surface area contributed by atoms with Crippen LogP contribution in [0.15, 0.2) is 24.5 Å². The van der Waals surface area contributed by atoms with Crippen LogP contribution in [0.25, 0.3) is 5.52 Å². The summed E-state index contributed by atoms with van der Waals surface area (Å²) >= 11 is 0. The molecular weight excluding hydrogens is 413 g/mol. The number of H-pyrrole nitrogens is 1. The molecule has 2 aliphatic rings. The van der Waals surface area contributed by atoms with Gasteiger partial charge in [0.15, 0.2) is 11.6 Å². The van der Waals surface area contributed by atoms with E-state index in [1.807, 2.05) is 24.6 Å². The number of halogens is 1. The molecule has 3 aromatic rings. The van der Waals surface area contributed by atoms with Crippen LogP contribution in [0.4, 0.5) is 20.8 Å². The summed E-state index contributed by atoms with van der Waals surface area (Å²) < 4.78 is 22.1. The Morgan fingerprint density at radius 3 is 2.88 bits per heavy atom. The molecule has 3 aromatic heterocycles. The van der Waals surface area contributed by atoms with Gasteiger partial charge in [0, 0.05) is 42.0 Å². The number of carbonyl (C=O) groups excluding carboxylic acids is 1. The number of aromatic amines is 1. The average molecular weight is 442 g/mol. The number of hydrogen-bond acceptors (Lipinski definition) is 6. The van der Waals surface area contributed by atoms with Crippen molar-refractivity contribution in [2.24, 2.45) is 0 Å². The van der Waals surface area contributed by atoms with Crippen molar-refractivity contribution in [2.75, 3.05) is 5.32 Å². The van der Waals surface area contributed by atoms with E-state index in [1.54, 1.807) is 12.3 Å². The zero-order chi connectivity index (χ0) is 22.2. The highest BCUT2D eigenvalue weighted by atomic mass is 19.1. The van der Waals surface area contributed by atoms with Crippen LogP contribution >= 0.6 is 0 Å². The summed E-state index contributed by atoms with van der Waals surface area (Å²) in [7, 11) is 0. The maximum atomic E-state index is 15.0. The third-order valence-electron chi connectivity index (χ3n) is 6.34. The molecule has 0 spiro atoms. The number of nitrogens with one attached hydrogen (secondary N) is 3. The van der Waals surface area contributed by atoms with E-state index in [0.717, 1.165) is 11.2 Å². The first-order valence-electron chi connectivity index (χ1n) is 11.3. The molecule has 0 aromatic carbocycles. The van der Waals surface area contributed by atoms with E-state index in [4.69, 9.17) is 4.74 Å². The number of alkyl carbamates (subject to hydrolysis) is 1. The maximum Gasteiger partial charge on any atom is 0.407 e. The minimum atomic E-state index is -1.29. The number of nitrogens with zero attached hydrogens (tertiary/aromatic N) is 4. The van der Waals surface area contributed by atoms with Gasteiger partial charge < -0.3 is 15.4 Å². The van der Waals surface area contributed by atoms with Gasteiger partial charge >= 0.3 is 6.09 Å². The van der Waals surface area contributed by atoms with Crippen LogP contribution in [0.1, 0.15) is 69.2 Å². The Labute approximate surface area is 185 Å². The molecule has 3 heterocycles. The van der Waals surface area contributed by atoms with E-state index in [-0.39, 0.29) is 6.04 Å². The molecular formula is C22H28FN7O2. The second-order valence-corrected chi connectivity index (χ2v) is 9.01. The summed E-state index contributed by atoms with van der Waals surface area (Å²) in [6.45, 7) is 3.66. The maximum absolute atomic E-state index is 15.0. The number of rotatable bonds is 6. The van der Waals surface area contributed by atoms with Crippen LogP contribution in [-0.2, 0) is 4.74 Å². The number of hydrogen-bond donors (Lipinski definition) is 3. The largest absolute Gasteiger partial charge is 0.443 e. The van der Waals surface area contributed by atoms with Crippen LogP contribution in [0.2, 0.25) is 0 Å². The first kappa shape index (κ1) is 20.7. The lowest BCUT2D eigenvalue weighted by atomic mass is 9.83. The van der Waals surface area contributed by atoms with Crippen LogP contribution in [0, 0.1) is 0 Å². The summed E-state index contributed by atoms with van der Waals surface area (Å²) in [6.07, 6.45) is 5.55. The van der Waals surface area contributed by atoms with Crippen molar-refractivity contribution in [2.45, 2.75) is 76.1 Å². The van der Waals surface area contributed by atoms with Gasteiger partial charge in [-0.1, -0.05) is 6.42 Å². The Hall–Kier alpha value is -3.17. The van der Waals surface area contributed by atoms with Crippen LogP contribution < -0.4 is 10.6 Å². The molecule has 1 amide bonds. The van der Waals surface area contributed by atoms with Gasteiger partial charge in [-0.15, -0.1) is 0 Å². The number of aromatic nitrogens is 5. The summed E-state index contributed by atoms with van der Waals surface area (Å²) in [5, 5.41) is 17.8. The summed E-state index contributed by atoms with van der Waals surface area (Å²) in [5.74, 6) is 1.33. The molecule has 3 N–H and O–H groups in total. The van der Waals surface area contributed by atoms with Crippen molar-refractivity contribution in [1.82, 2.24) is 30.1 Å². The van der Waals surface area contributed by atoms with E-state index in [1.165, 1.54) is 19.3 Å². The number of fused-ring (bicyclic) bond motifs is 1. The van der Waals surface area contributed by atoms with Crippen molar-refractivity contribution in [1.29, 1.82) is 0 Å². The van der Waals surface area contributed by atoms with Gasteiger partial charge in [-0.05, 0) is 45.6 Å². The second-order valence-electron chi connectivity index (χ2n) is 9.01. The first-order valence-corrected chi connectivity index (χ1v) is 11.3. The lowest BCUT2D eigenvalue weighted by Gasteiger charge is -2.22. The monoisotopic (exact) mass is 441 g/mol. The highest BCUT2D eigenvalue weighted by Crippen LogP contribution is 2.39. The fraction of sp³-hybridized carbons (Fsp3) is 0.545. The molecule has 2 saturated carbocycles. The van der Waals surface area contributed by atoms with Gasteiger partial charge in [0.1, 0.15) is 17.8 Å². The van der Waals surface area contributed by atoms with Gasteiger partial charge in [-0.2, -0.15) is 10.2 Å². The SMILES string of the molecule is CC(C)NC(=O)O[C@@H]1CC[C@H](c2cc(Nc3nccn4nc(C5CCC5)cc34)n[nH]2)[C@@H]1F. The molecule has 32 heavy (non-hydrogen) atoms. The Balaban J connectivity index is 1.27. The van der Waals surface area contributed by atoms with Crippen molar-refractivity contribution < 1.29 is 13.9 Å². The summed E-state index contributed by atoms with van der Waals surface area (Å²) in [6, 6.07) is 3.81. The third-order valence-corrected chi connectivity index (χ3v) is 6.34. The molecule has 3 atom stereocenters. The molecule has 9 nitrogen and oxygen atoms in total. The van der Waals surface area contributed by atoms with Crippen LogP contribution in [0.5, 0.6) is 0 Å². The number of ether oxygens (including phenoxy) is 1. The van der Waals surface area contributed by atoms with Gasteiger partial charge in [0.25, 0.3) is 0 Å². The van der Waals surface area contributed by atoms with Gasteiger partial charge in [0.2, 0.25) is 0 Å². The molecule has 0 bridgehead atoms. The van der Waals surface area contributed by atoms with E-state index in [9.17, 15) is 4.79 Å². The quantitative estimate of drug-likeness (QED) is 0.529. The number of amides is 1. The smallest absolute Gasteiger partial charge is 0.407 e. The topological polar surface area (TPSA) is 109 Å². The second kappa shape index (κ2) is 8.40. The average Bonchev–Trinajstić information content (AvgIpc) is 3.40. The lowest BCUT2D eigenvalue weighted by molar-refractivity contribution is 0.0555. The molecule has 0 unspecified atom stereocenters. The number of carbonyl (C=O) groups is 1. The van der Waals surface area contributed by atoms with E-state index >= 15 is 4.39 Å². The zero-order valence-corrected chi connectivity index (χ0v) is 18.2. The summed E-state index contributed by atoms with van der Waals surface area (Å²) in [5.41, 5.74) is 2.65. The molecule has 170 valence electrons. The van der Waals surface area contributed by atoms with Gasteiger partial charge in [-0.25, -0.2) is 18.7 Å². The lowest BCUT2D eigenvalue weighted by Crippen LogP contribution is -2.36. The fourth-order valence-electron chi connectivity index (χ4n) is 4.43. The van der Waals surface area contributed by atoms with E-state index in [2.05, 4.69) is 37.0 Å². The third kappa shape index (κ3) is 4.01. The number of anilines is 2. The summed E-state index contributed by atoms with van der Waals surface area (Å²) in [4.78, 5) is 16.3. The zero-order valence-electron chi connectivity index (χ0n) is 18.2. The Kier molecular flexibility index (Phi) is 5.44. The predicted octanol–water partition coefficient (Wildman–Crippen LogP) is 4.18. The molecule has 0 radical (unpaired) electrons. The molecule has 2 aliphatic carbocycles. The Morgan fingerprint density at radius 1 is 1.28 bits per heavy atom. The molecule has 0 aliphatic heterocycles. The first-order chi connectivity index (χ1) is 15.5. The Bertz CT molecular complexity index is 1110. The fourth-order valence-corrected chi connectivity index (χ4v) is 4.43. The molecule has 10 heteroatoms. The normalized spacial score (nSPS) is 23.4. The van der Waals surface area contributed by atoms with Crippen molar-refractivity contribution >= 4 is 23.2 Å². The van der Waals surface area contributed by atoms with E-state index in [0.29, 0.717) is 36.1 Å². The predicted molar refractivity (Wildman–Crippen MR) is 117 cm³/mol. The Morgan fingerprint density at radius 2 is 2.12 bits per heavy atom. The van der Waals surface area contributed by atoms with Crippen molar-refractivity contribution in [3.05, 3.63) is 35.9 Å². The van der Waals surface area contributed by atoms with Crippen molar-refractivity contribution in [3.8, 4) is 0 Å². The van der Waals surface area contributed by atoms with Gasteiger partial charge in [0.05, 0.1) is 5.69 Å². The van der Waals surface area contributed by atoms with Crippen LogP contribution in [-0.4, -0.2) is 49.2 Å². The number of alkyl halides is 1.